The highest BCUT2D eigenvalue weighted by Crippen LogP contribution is 2.18. The lowest BCUT2D eigenvalue weighted by Gasteiger charge is -2.22. The van der Waals surface area contributed by atoms with Gasteiger partial charge in [-0.2, -0.15) is 0 Å². The molecule has 0 aromatic heterocycles. The highest BCUT2D eigenvalue weighted by atomic mass is 16.8. The Morgan fingerprint density at radius 1 is 1.38 bits per heavy atom. The molecule has 1 fully saturated rings. The van der Waals surface area contributed by atoms with Crippen molar-refractivity contribution in [3.05, 3.63) is 0 Å². The molecule has 1 aliphatic heterocycles. The Morgan fingerprint density at radius 3 is 2.44 bits per heavy atom. The number of rotatable bonds is 1. The number of carbonyl (C=O) groups excluding carboxylic acids is 2. The monoisotopic (exact) mass is 231 g/mol. The van der Waals surface area contributed by atoms with E-state index in [2.05, 4.69) is 10.1 Å². The van der Waals surface area contributed by atoms with Crippen LogP contribution in [0.1, 0.15) is 33.6 Å². The molecule has 0 unspecified atom stereocenters. The zero-order valence-corrected chi connectivity index (χ0v) is 9.70. The Bertz CT molecular complexity index is 288. The molecule has 0 amide bonds. The van der Waals surface area contributed by atoms with E-state index in [0.29, 0.717) is 13.0 Å². The fraction of sp³-hybridized carbons (Fsp3) is 0.800. The van der Waals surface area contributed by atoms with Gasteiger partial charge in [-0.05, 0) is 33.7 Å². The molecule has 0 radical (unpaired) electrons. The van der Waals surface area contributed by atoms with E-state index in [1.165, 1.54) is 0 Å². The van der Waals surface area contributed by atoms with Gasteiger partial charge >= 0.3 is 12.1 Å². The predicted molar refractivity (Wildman–Crippen MR) is 54.5 cm³/mol. The van der Waals surface area contributed by atoms with E-state index in [4.69, 9.17) is 4.74 Å². The summed E-state index contributed by atoms with van der Waals surface area (Å²) in [5.74, 6) is -1.01. The third-order valence-electron chi connectivity index (χ3n) is 2.04. The van der Waals surface area contributed by atoms with E-state index in [1.807, 2.05) is 0 Å². The average molecular weight is 231 g/mol. The minimum absolute atomic E-state index is 0.231. The fourth-order valence-electron chi connectivity index (χ4n) is 1.33. The molecule has 16 heavy (non-hydrogen) atoms. The van der Waals surface area contributed by atoms with Crippen LogP contribution < -0.4 is 5.32 Å². The summed E-state index contributed by atoms with van der Waals surface area (Å²) in [7, 11) is 0. The number of nitrogens with one attached hydrogen (secondary N) is 1. The van der Waals surface area contributed by atoms with E-state index in [1.54, 1.807) is 20.8 Å². The molecule has 92 valence electrons. The molecule has 6 nitrogen and oxygen atoms in total. The first-order valence-electron chi connectivity index (χ1n) is 5.16. The minimum Gasteiger partial charge on any atom is -0.428 e. The van der Waals surface area contributed by atoms with Crippen LogP contribution in [0.3, 0.4) is 0 Å². The molecule has 1 aliphatic rings. The molecule has 0 saturated carbocycles. The molecule has 2 N–H and O–H groups in total. The molecule has 6 heteroatoms. The Kier molecular flexibility index (Phi) is 3.54. The van der Waals surface area contributed by atoms with Crippen molar-refractivity contribution >= 4 is 12.1 Å². The van der Waals surface area contributed by atoms with Gasteiger partial charge in [-0.1, -0.05) is 0 Å². The molecular weight excluding hydrogens is 214 g/mol. The molecular formula is C10H17NO5. The minimum atomic E-state index is -1.75. The Labute approximate surface area is 93.9 Å². The molecule has 1 heterocycles. The zero-order valence-electron chi connectivity index (χ0n) is 9.70. The topological polar surface area (TPSA) is 84.9 Å². The zero-order chi connectivity index (χ0) is 12.4. The van der Waals surface area contributed by atoms with Crippen molar-refractivity contribution in [3.8, 4) is 0 Å². The van der Waals surface area contributed by atoms with Crippen molar-refractivity contribution < 1.29 is 24.2 Å². The number of hydrogen-bond donors (Lipinski definition) is 2. The number of ether oxygens (including phenoxy) is 2. The van der Waals surface area contributed by atoms with Gasteiger partial charge in [0.15, 0.2) is 0 Å². The van der Waals surface area contributed by atoms with Crippen molar-refractivity contribution in [3.63, 3.8) is 0 Å². The van der Waals surface area contributed by atoms with Crippen LogP contribution in [0.25, 0.3) is 0 Å². The highest BCUT2D eigenvalue weighted by molar-refractivity contribution is 5.87. The van der Waals surface area contributed by atoms with Crippen LogP contribution in [0, 0.1) is 0 Å². The fourth-order valence-corrected chi connectivity index (χ4v) is 1.33. The molecule has 0 spiro atoms. The summed E-state index contributed by atoms with van der Waals surface area (Å²) in [6.45, 7) is 5.48. The average Bonchev–Trinajstić information content (AvgIpc) is 2.49. The van der Waals surface area contributed by atoms with Crippen LogP contribution in [-0.2, 0) is 14.3 Å². The maximum absolute atomic E-state index is 11.4. The second-order valence-electron chi connectivity index (χ2n) is 4.74. The first-order chi connectivity index (χ1) is 7.23. The molecule has 1 rings (SSSR count). The van der Waals surface area contributed by atoms with Crippen LogP contribution in [0.15, 0.2) is 0 Å². The van der Waals surface area contributed by atoms with Gasteiger partial charge in [0.25, 0.3) is 0 Å². The van der Waals surface area contributed by atoms with Gasteiger partial charge in [0.2, 0.25) is 5.72 Å². The van der Waals surface area contributed by atoms with Crippen molar-refractivity contribution in [2.24, 2.45) is 0 Å². The first-order valence-corrected chi connectivity index (χ1v) is 5.16. The van der Waals surface area contributed by atoms with Gasteiger partial charge < -0.3 is 14.6 Å². The third-order valence-corrected chi connectivity index (χ3v) is 2.04. The first kappa shape index (κ1) is 12.9. The number of hydrogen-bond acceptors (Lipinski definition) is 6. The molecule has 1 saturated heterocycles. The number of aliphatic hydroxyl groups is 1. The molecule has 0 aromatic rings. The van der Waals surface area contributed by atoms with Gasteiger partial charge in [0.1, 0.15) is 5.60 Å². The Hall–Kier alpha value is -1.14. The van der Waals surface area contributed by atoms with E-state index in [0.717, 1.165) is 0 Å². The third kappa shape index (κ3) is 3.46. The summed E-state index contributed by atoms with van der Waals surface area (Å²) in [6.07, 6.45) is -0.214. The van der Waals surface area contributed by atoms with Gasteiger partial charge in [0, 0.05) is 6.42 Å². The van der Waals surface area contributed by atoms with Crippen molar-refractivity contribution in [2.75, 3.05) is 6.54 Å². The largest absolute Gasteiger partial charge is 0.516 e. The van der Waals surface area contributed by atoms with Gasteiger partial charge in [-0.25, -0.2) is 9.59 Å². The lowest BCUT2D eigenvalue weighted by atomic mass is 10.2. The van der Waals surface area contributed by atoms with Gasteiger partial charge in [0.05, 0.1) is 0 Å². The second kappa shape index (κ2) is 4.39. The summed E-state index contributed by atoms with van der Waals surface area (Å²) >= 11 is 0. The van der Waals surface area contributed by atoms with E-state index in [-0.39, 0.29) is 6.42 Å². The molecule has 0 bridgehead atoms. The van der Waals surface area contributed by atoms with Crippen LogP contribution in [-0.4, -0.2) is 35.1 Å². The van der Waals surface area contributed by atoms with Crippen LogP contribution in [0.2, 0.25) is 0 Å². The summed E-state index contributed by atoms with van der Waals surface area (Å²) < 4.78 is 9.19. The summed E-state index contributed by atoms with van der Waals surface area (Å²) in [5, 5.41) is 12.3. The number of carbonyl (C=O) groups is 2. The van der Waals surface area contributed by atoms with Gasteiger partial charge in [-0.3, -0.25) is 5.32 Å². The maximum atomic E-state index is 11.4. The predicted octanol–water partition coefficient (Wildman–Crippen LogP) is 0.537. The lowest BCUT2D eigenvalue weighted by molar-refractivity contribution is -0.164. The second-order valence-corrected chi connectivity index (χ2v) is 4.74. The van der Waals surface area contributed by atoms with Crippen molar-refractivity contribution in [1.82, 2.24) is 5.32 Å². The van der Waals surface area contributed by atoms with E-state index in [9.17, 15) is 14.7 Å². The van der Waals surface area contributed by atoms with Crippen LogP contribution in [0.5, 0.6) is 0 Å². The standard InChI is InChI=1S/C10H17NO5/c1-9(2,3)16-8(13)15-7(12)10(14)5-4-6-11-10/h11,14H,4-6H2,1-3H3/t10-/m0/s1. The quantitative estimate of drug-likeness (QED) is 0.506. The van der Waals surface area contributed by atoms with E-state index < -0.39 is 23.5 Å². The van der Waals surface area contributed by atoms with Crippen molar-refractivity contribution in [2.45, 2.75) is 44.9 Å². The van der Waals surface area contributed by atoms with Crippen LogP contribution >= 0.6 is 0 Å². The maximum Gasteiger partial charge on any atom is 0.516 e. The number of esters is 1. The molecule has 0 aromatic carbocycles. The Balaban J connectivity index is 2.48. The summed E-state index contributed by atoms with van der Waals surface area (Å²) in [5.41, 5.74) is -2.49. The van der Waals surface area contributed by atoms with E-state index >= 15 is 0 Å². The van der Waals surface area contributed by atoms with Gasteiger partial charge in [-0.15, -0.1) is 0 Å². The molecule has 1 atom stereocenters. The van der Waals surface area contributed by atoms with Crippen molar-refractivity contribution in [1.29, 1.82) is 0 Å². The summed E-state index contributed by atoms with van der Waals surface area (Å²) in [4.78, 5) is 22.6. The lowest BCUT2D eigenvalue weighted by Crippen LogP contribution is -2.49. The summed E-state index contributed by atoms with van der Waals surface area (Å²) in [6, 6.07) is 0. The Morgan fingerprint density at radius 2 is 2.00 bits per heavy atom. The molecule has 0 aliphatic carbocycles. The normalized spacial score (nSPS) is 25.2. The SMILES string of the molecule is CC(C)(C)OC(=O)OC(=O)[C@@]1(O)CCCN1. The van der Waals surface area contributed by atoms with Crippen LogP contribution in [0.4, 0.5) is 4.79 Å². The highest BCUT2D eigenvalue weighted by Gasteiger charge is 2.42. The smallest absolute Gasteiger partial charge is 0.428 e.